The Bertz CT molecular complexity index is 56.4. The van der Waals surface area contributed by atoms with Gasteiger partial charge in [-0.05, 0) is 13.8 Å². The van der Waals surface area contributed by atoms with Crippen molar-refractivity contribution in [1.29, 1.82) is 0 Å². The first-order valence-electron chi connectivity index (χ1n) is 2.75. The number of rotatable bonds is 3. The second-order valence-electron chi connectivity index (χ2n) is 1.98. The van der Waals surface area contributed by atoms with Crippen LogP contribution in [0.5, 0.6) is 0 Å². The van der Waals surface area contributed by atoms with E-state index in [2.05, 4.69) is 0 Å². The van der Waals surface area contributed by atoms with E-state index in [-0.39, 0.29) is 12.6 Å². The quantitative estimate of drug-likeness (QED) is 0.517. The summed E-state index contributed by atoms with van der Waals surface area (Å²) in [7, 11) is 0. The first kappa shape index (κ1) is 7.88. The standard InChI is InChI=1S/C5H13NO2/c1-5(2)6(8)3-4-7/h5,7-8H,3-4H2,1-2H3. The SMILES string of the molecule is CC(C)N(O)CCO. The van der Waals surface area contributed by atoms with Crippen molar-refractivity contribution in [2.24, 2.45) is 0 Å². The average molecular weight is 119 g/mol. The fourth-order valence-electron chi connectivity index (χ4n) is 0.361. The van der Waals surface area contributed by atoms with E-state index < -0.39 is 0 Å². The largest absolute Gasteiger partial charge is 0.395 e. The van der Waals surface area contributed by atoms with Crippen molar-refractivity contribution in [3.63, 3.8) is 0 Å². The van der Waals surface area contributed by atoms with E-state index in [1.54, 1.807) is 0 Å². The summed E-state index contributed by atoms with van der Waals surface area (Å²) >= 11 is 0. The lowest BCUT2D eigenvalue weighted by Gasteiger charge is -2.16. The van der Waals surface area contributed by atoms with Gasteiger partial charge in [-0.25, -0.2) is 0 Å². The summed E-state index contributed by atoms with van der Waals surface area (Å²) < 4.78 is 0. The van der Waals surface area contributed by atoms with E-state index in [0.29, 0.717) is 6.54 Å². The van der Waals surface area contributed by atoms with Crippen LogP contribution in [0.3, 0.4) is 0 Å². The minimum Gasteiger partial charge on any atom is -0.395 e. The third-order valence-corrected chi connectivity index (χ3v) is 0.925. The zero-order valence-corrected chi connectivity index (χ0v) is 5.33. The van der Waals surface area contributed by atoms with Crippen LogP contribution < -0.4 is 0 Å². The molecule has 8 heavy (non-hydrogen) atoms. The van der Waals surface area contributed by atoms with Gasteiger partial charge in [-0.1, -0.05) is 0 Å². The minimum absolute atomic E-state index is 0.00861. The molecule has 0 bridgehead atoms. The van der Waals surface area contributed by atoms with Crippen molar-refractivity contribution >= 4 is 0 Å². The Morgan fingerprint density at radius 3 is 2.12 bits per heavy atom. The summed E-state index contributed by atoms with van der Waals surface area (Å²) in [5, 5.41) is 18.2. The Hall–Kier alpha value is -0.120. The third kappa shape index (κ3) is 2.96. The molecule has 0 aromatic carbocycles. The van der Waals surface area contributed by atoms with Crippen LogP contribution in [0.2, 0.25) is 0 Å². The molecule has 0 spiro atoms. The average Bonchev–Trinajstić information content (AvgIpc) is 1.67. The predicted molar refractivity (Wildman–Crippen MR) is 30.7 cm³/mol. The molecule has 0 aliphatic rings. The molecule has 0 radical (unpaired) electrons. The van der Waals surface area contributed by atoms with Crippen LogP contribution in [0, 0.1) is 0 Å². The lowest BCUT2D eigenvalue weighted by Crippen LogP contribution is -2.29. The van der Waals surface area contributed by atoms with Crippen LogP contribution in [0.4, 0.5) is 0 Å². The van der Waals surface area contributed by atoms with E-state index in [0.717, 1.165) is 5.06 Å². The molecule has 2 N–H and O–H groups in total. The zero-order valence-electron chi connectivity index (χ0n) is 5.33. The van der Waals surface area contributed by atoms with Crippen molar-refractivity contribution < 1.29 is 10.3 Å². The smallest absolute Gasteiger partial charge is 0.0581 e. The van der Waals surface area contributed by atoms with Crippen molar-refractivity contribution in [2.75, 3.05) is 13.2 Å². The molecule has 0 aliphatic carbocycles. The van der Waals surface area contributed by atoms with Gasteiger partial charge in [0.25, 0.3) is 0 Å². The third-order valence-electron chi connectivity index (χ3n) is 0.925. The predicted octanol–water partition coefficient (Wildman–Crippen LogP) is 0.0783. The molecule has 0 unspecified atom stereocenters. The fourth-order valence-corrected chi connectivity index (χ4v) is 0.361. The summed E-state index contributed by atoms with van der Waals surface area (Å²) in [6.45, 7) is 4.05. The van der Waals surface area contributed by atoms with Crippen molar-refractivity contribution in [3.05, 3.63) is 0 Å². The lowest BCUT2D eigenvalue weighted by molar-refractivity contribution is -0.123. The maximum Gasteiger partial charge on any atom is 0.0581 e. The Morgan fingerprint density at radius 2 is 2.00 bits per heavy atom. The Kier molecular flexibility index (Phi) is 3.77. The molecule has 3 nitrogen and oxygen atoms in total. The molecule has 0 atom stereocenters. The minimum atomic E-state index is 0.00861. The fraction of sp³-hybridized carbons (Fsp3) is 1.00. The monoisotopic (exact) mass is 119 g/mol. The maximum atomic E-state index is 8.80. The zero-order chi connectivity index (χ0) is 6.57. The van der Waals surface area contributed by atoms with Crippen LogP contribution in [0.1, 0.15) is 13.8 Å². The van der Waals surface area contributed by atoms with Crippen molar-refractivity contribution in [1.82, 2.24) is 5.06 Å². The highest BCUT2D eigenvalue weighted by atomic mass is 16.5. The second-order valence-corrected chi connectivity index (χ2v) is 1.98. The van der Waals surface area contributed by atoms with E-state index in [9.17, 15) is 0 Å². The van der Waals surface area contributed by atoms with Crippen LogP contribution in [-0.4, -0.2) is 34.6 Å². The van der Waals surface area contributed by atoms with Gasteiger partial charge in [-0.2, -0.15) is 5.06 Å². The number of aliphatic hydroxyl groups excluding tert-OH is 1. The van der Waals surface area contributed by atoms with Crippen LogP contribution >= 0.6 is 0 Å². The molecule has 0 saturated carbocycles. The van der Waals surface area contributed by atoms with Crippen LogP contribution in [-0.2, 0) is 0 Å². The van der Waals surface area contributed by atoms with Gasteiger partial charge < -0.3 is 10.3 Å². The highest BCUT2D eigenvalue weighted by molar-refractivity contribution is 4.47. The Balaban J connectivity index is 3.17. The molecule has 0 aromatic rings. The number of hydrogen-bond acceptors (Lipinski definition) is 3. The van der Waals surface area contributed by atoms with Gasteiger partial charge in [-0.15, -0.1) is 0 Å². The van der Waals surface area contributed by atoms with Gasteiger partial charge in [0.15, 0.2) is 0 Å². The number of hydroxylamine groups is 2. The van der Waals surface area contributed by atoms with Gasteiger partial charge in [0.2, 0.25) is 0 Å². The molecule has 3 heteroatoms. The number of nitrogens with zero attached hydrogens (tertiary/aromatic N) is 1. The topological polar surface area (TPSA) is 43.7 Å². The highest BCUT2D eigenvalue weighted by Crippen LogP contribution is 1.89. The van der Waals surface area contributed by atoms with E-state index in [1.165, 1.54) is 0 Å². The first-order valence-corrected chi connectivity index (χ1v) is 2.75. The molecule has 50 valence electrons. The molecule has 0 heterocycles. The van der Waals surface area contributed by atoms with Gasteiger partial charge >= 0.3 is 0 Å². The van der Waals surface area contributed by atoms with E-state index in [4.69, 9.17) is 10.3 Å². The molecule has 0 aliphatic heterocycles. The van der Waals surface area contributed by atoms with E-state index >= 15 is 0 Å². The Morgan fingerprint density at radius 1 is 1.50 bits per heavy atom. The number of aliphatic hydroxyl groups is 1. The summed E-state index contributed by atoms with van der Waals surface area (Å²) in [4.78, 5) is 0. The molecule has 0 rings (SSSR count). The summed E-state index contributed by atoms with van der Waals surface area (Å²) in [5.74, 6) is 0. The Labute approximate surface area is 49.5 Å². The molecule has 0 fully saturated rings. The maximum absolute atomic E-state index is 8.80. The normalized spacial score (nSPS) is 11.2. The summed E-state index contributed by atoms with van der Waals surface area (Å²) in [5.41, 5.74) is 0. The van der Waals surface area contributed by atoms with Crippen LogP contribution in [0.15, 0.2) is 0 Å². The lowest BCUT2D eigenvalue weighted by atomic mass is 10.4. The van der Waals surface area contributed by atoms with E-state index in [1.807, 2.05) is 13.8 Å². The highest BCUT2D eigenvalue weighted by Gasteiger charge is 2.01. The van der Waals surface area contributed by atoms with Gasteiger partial charge in [0.1, 0.15) is 0 Å². The number of hydrogen-bond donors (Lipinski definition) is 2. The molecular weight excluding hydrogens is 106 g/mol. The summed E-state index contributed by atoms with van der Waals surface area (Å²) in [6, 6.07) is 0.0992. The van der Waals surface area contributed by atoms with Crippen molar-refractivity contribution in [3.8, 4) is 0 Å². The second kappa shape index (κ2) is 3.83. The molecule has 0 aromatic heterocycles. The van der Waals surface area contributed by atoms with Gasteiger partial charge in [0, 0.05) is 12.6 Å². The molecular formula is C5H13NO2. The van der Waals surface area contributed by atoms with Gasteiger partial charge in [0.05, 0.1) is 6.61 Å². The van der Waals surface area contributed by atoms with Crippen molar-refractivity contribution in [2.45, 2.75) is 19.9 Å². The first-order chi connectivity index (χ1) is 3.68. The van der Waals surface area contributed by atoms with Crippen LogP contribution in [0.25, 0.3) is 0 Å². The summed E-state index contributed by atoms with van der Waals surface area (Å²) in [6.07, 6.45) is 0. The molecule has 0 amide bonds. The van der Waals surface area contributed by atoms with Gasteiger partial charge in [-0.3, -0.25) is 0 Å². The molecule has 0 saturated heterocycles.